The van der Waals surface area contributed by atoms with Crippen molar-refractivity contribution in [1.29, 1.82) is 0 Å². The Morgan fingerprint density at radius 2 is 0.222 bits per heavy atom. The van der Waals surface area contributed by atoms with Crippen LogP contribution in [0, 0.1) is 0 Å². The van der Waals surface area contributed by atoms with Crippen molar-refractivity contribution in [3.8, 4) is 0 Å². The Labute approximate surface area is 403 Å². The summed E-state index contributed by atoms with van der Waals surface area (Å²) >= 11 is 0. The van der Waals surface area contributed by atoms with Crippen LogP contribution in [0.5, 0.6) is 0 Å². The summed E-state index contributed by atoms with van der Waals surface area (Å²) in [6.07, 6.45) is 82.5. The smallest absolute Gasteiger partial charge is 0.00187 e. The van der Waals surface area contributed by atoms with Crippen LogP contribution < -0.4 is 0 Å². The van der Waals surface area contributed by atoms with Crippen molar-refractivity contribution in [3.63, 3.8) is 0 Å². The molecule has 1 nitrogen and oxygen atoms in total. The van der Waals surface area contributed by atoms with Crippen LogP contribution >= 0.6 is 0 Å². The Morgan fingerprint density at radius 3 is 0.333 bits per heavy atom. The van der Waals surface area contributed by atoms with E-state index in [0.717, 1.165) is 0 Å². The van der Waals surface area contributed by atoms with Gasteiger partial charge in [0.1, 0.15) is 0 Å². The standard InChI is InChI=1S/C62H127N/c1-4-7-10-13-16-19-22-25-28-31-34-35-38-41-44-47-50-53-56-59-62-63(60-57-54-51-48-45-42-39-36-32-29-26-23-20-17-14-11-8-5-2)61-58-55-52-49-46-43-40-37-33-30-27-24-21-18-15-12-9-6-3/h4-62H2,1-3H3. The van der Waals surface area contributed by atoms with Crippen LogP contribution in [0.15, 0.2) is 0 Å². The molecule has 0 aliphatic carbocycles. The molecule has 0 aromatic rings. The predicted molar refractivity (Wildman–Crippen MR) is 292 cm³/mol. The first kappa shape index (κ1) is 63.0. The third kappa shape index (κ3) is 58.0. The number of hydrogen-bond acceptors (Lipinski definition) is 1. The van der Waals surface area contributed by atoms with E-state index in [1.807, 2.05) is 0 Å². The van der Waals surface area contributed by atoms with Gasteiger partial charge in [-0.05, 0) is 38.9 Å². The Bertz CT molecular complexity index is 706. The zero-order valence-electron chi connectivity index (χ0n) is 45.2. The van der Waals surface area contributed by atoms with Crippen LogP contribution in [0.4, 0.5) is 0 Å². The van der Waals surface area contributed by atoms with E-state index in [1.54, 1.807) is 0 Å². The predicted octanol–water partition coefficient (Wildman–Crippen LogP) is 23.2. The second kappa shape index (κ2) is 60.0. The van der Waals surface area contributed by atoms with Gasteiger partial charge >= 0.3 is 0 Å². The monoisotopic (exact) mass is 886 g/mol. The molecule has 1 heteroatoms. The summed E-state index contributed by atoms with van der Waals surface area (Å²) in [5.74, 6) is 0. The van der Waals surface area contributed by atoms with E-state index in [-0.39, 0.29) is 0 Å². The summed E-state index contributed by atoms with van der Waals surface area (Å²) in [6, 6.07) is 0. The minimum atomic E-state index is 1.37. The molecule has 0 fully saturated rings. The van der Waals surface area contributed by atoms with Gasteiger partial charge in [0.15, 0.2) is 0 Å². The molecule has 0 bridgehead atoms. The van der Waals surface area contributed by atoms with Crippen molar-refractivity contribution in [3.05, 3.63) is 0 Å². The van der Waals surface area contributed by atoms with Crippen molar-refractivity contribution in [2.75, 3.05) is 19.6 Å². The quantitative estimate of drug-likeness (QED) is 0.0550. The lowest BCUT2D eigenvalue weighted by Gasteiger charge is -2.22. The third-order valence-electron chi connectivity index (χ3n) is 15.0. The fourth-order valence-corrected chi connectivity index (χ4v) is 10.4. The topological polar surface area (TPSA) is 3.24 Å². The summed E-state index contributed by atoms with van der Waals surface area (Å²) in [4.78, 5) is 2.90. The molecule has 0 spiro atoms. The lowest BCUT2D eigenvalue weighted by molar-refractivity contribution is 0.254. The molecule has 0 rings (SSSR count). The van der Waals surface area contributed by atoms with E-state index in [0.29, 0.717) is 0 Å². The van der Waals surface area contributed by atoms with Crippen LogP contribution in [0.1, 0.15) is 380 Å². The van der Waals surface area contributed by atoms with Crippen LogP contribution in [-0.2, 0) is 0 Å². The van der Waals surface area contributed by atoms with Crippen molar-refractivity contribution in [2.45, 2.75) is 380 Å². The fraction of sp³-hybridized carbons (Fsp3) is 1.00. The van der Waals surface area contributed by atoms with Gasteiger partial charge in [-0.2, -0.15) is 0 Å². The Hall–Kier alpha value is -0.0400. The molecule has 0 aromatic carbocycles. The molecule has 0 aliphatic heterocycles. The van der Waals surface area contributed by atoms with E-state index >= 15 is 0 Å². The lowest BCUT2D eigenvalue weighted by atomic mass is 10.0. The van der Waals surface area contributed by atoms with Gasteiger partial charge < -0.3 is 4.90 Å². The van der Waals surface area contributed by atoms with Crippen LogP contribution in [0.2, 0.25) is 0 Å². The normalized spacial score (nSPS) is 11.8. The first-order chi connectivity index (χ1) is 31.3. The molecular formula is C62H127N. The van der Waals surface area contributed by atoms with Gasteiger partial charge in [0, 0.05) is 0 Å². The average Bonchev–Trinajstić information content (AvgIpc) is 3.29. The van der Waals surface area contributed by atoms with Gasteiger partial charge in [0.2, 0.25) is 0 Å². The van der Waals surface area contributed by atoms with Gasteiger partial charge in [-0.1, -0.05) is 361 Å². The summed E-state index contributed by atoms with van der Waals surface area (Å²) in [7, 11) is 0. The van der Waals surface area contributed by atoms with Gasteiger partial charge in [-0.15, -0.1) is 0 Å². The Kier molecular flexibility index (Phi) is 59.9. The van der Waals surface area contributed by atoms with Crippen LogP contribution in [-0.4, -0.2) is 24.5 Å². The highest BCUT2D eigenvalue weighted by Gasteiger charge is 2.06. The molecule has 0 heterocycles. The molecule has 0 atom stereocenters. The number of unbranched alkanes of at least 4 members (excludes halogenated alkanes) is 53. The summed E-state index contributed by atoms with van der Waals surface area (Å²) in [5.41, 5.74) is 0. The molecule has 0 saturated heterocycles. The Balaban J connectivity index is 3.96. The Morgan fingerprint density at radius 1 is 0.127 bits per heavy atom. The van der Waals surface area contributed by atoms with Gasteiger partial charge in [0.25, 0.3) is 0 Å². The van der Waals surface area contributed by atoms with Crippen molar-refractivity contribution >= 4 is 0 Å². The SMILES string of the molecule is CCCCCCCCCCCCCCCCCCCCCCN(CCCCCCCCCCCCCCCCCCCC)CCCCCCCCCCCCCCCCCCCC. The highest BCUT2D eigenvalue weighted by molar-refractivity contribution is 4.61. The third-order valence-corrected chi connectivity index (χ3v) is 15.0. The largest absolute Gasteiger partial charge is 0.303 e. The maximum atomic E-state index is 2.90. The summed E-state index contributed by atoms with van der Waals surface area (Å²) in [6.45, 7) is 11.1. The molecule has 0 N–H and O–H groups in total. The van der Waals surface area contributed by atoms with E-state index in [2.05, 4.69) is 25.7 Å². The van der Waals surface area contributed by atoms with Crippen molar-refractivity contribution in [1.82, 2.24) is 4.90 Å². The van der Waals surface area contributed by atoms with Crippen molar-refractivity contribution in [2.24, 2.45) is 0 Å². The van der Waals surface area contributed by atoms with Crippen LogP contribution in [0.25, 0.3) is 0 Å². The minimum Gasteiger partial charge on any atom is -0.303 e. The lowest BCUT2D eigenvalue weighted by Crippen LogP contribution is -2.27. The summed E-state index contributed by atoms with van der Waals surface area (Å²) < 4.78 is 0. The molecule has 0 unspecified atom stereocenters. The molecule has 63 heavy (non-hydrogen) atoms. The van der Waals surface area contributed by atoms with Gasteiger partial charge in [-0.3, -0.25) is 0 Å². The second-order valence-electron chi connectivity index (χ2n) is 21.6. The first-order valence-electron chi connectivity index (χ1n) is 31.1. The van der Waals surface area contributed by atoms with E-state index in [4.69, 9.17) is 0 Å². The summed E-state index contributed by atoms with van der Waals surface area (Å²) in [5, 5.41) is 0. The number of rotatable bonds is 59. The maximum absolute atomic E-state index is 2.90. The highest BCUT2D eigenvalue weighted by Crippen LogP contribution is 2.19. The minimum absolute atomic E-state index is 1.37. The molecule has 380 valence electrons. The molecule has 0 aliphatic rings. The number of nitrogens with zero attached hydrogens (tertiary/aromatic N) is 1. The van der Waals surface area contributed by atoms with E-state index < -0.39 is 0 Å². The zero-order valence-corrected chi connectivity index (χ0v) is 45.2. The van der Waals surface area contributed by atoms with Gasteiger partial charge in [0.05, 0.1) is 0 Å². The zero-order chi connectivity index (χ0) is 45.3. The first-order valence-corrected chi connectivity index (χ1v) is 31.1. The molecule has 0 saturated carbocycles. The number of hydrogen-bond donors (Lipinski definition) is 0. The molecule has 0 radical (unpaired) electrons. The van der Waals surface area contributed by atoms with Crippen LogP contribution in [0.3, 0.4) is 0 Å². The molecule has 0 amide bonds. The molecular weight excluding hydrogens is 759 g/mol. The van der Waals surface area contributed by atoms with E-state index in [9.17, 15) is 0 Å². The maximum Gasteiger partial charge on any atom is -0.00187 e. The van der Waals surface area contributed by atoms with E-state index in [1.165, 1.54) is 379 Å². The van der Waals surface area contributed by atoms with Gasteiger partial charge in [-0.25, -0.2) is 0 Å². The molecule has 0 aromatic heterocycles. The second-order valence-corrected chi connectivity index (χ2v) is 21.6. The van der Waals surface area contributed by atoms with Crippen molar-refractivity contribution < 1.29 is 0 Å². The average molecular weight is 887 g/mol. The fourth-order valence-electron chi connectivity index (χ4n) is 10.4. The highest BCUT2D eigenvalue weighted by atomic mass is 15.1.